The average molecular weight is 1250 g/mol. The lowest BCUT2D eigenvalue weighted by Gasteiger charge is -2.44. The van der Waals surface area contributed by atoms with Crippen molar-refractivity contribution in [3.63, 3.8) is 0 Å². The zero-order valence-corrected chi connectivity index (χ0v) is 55.2. The average Bonchev–Trinajstić information content (AvgIpc) is 3.83. The van der Waals surface area contributed by atoms with Crippen LogP contribution < -0.4 is 10.2 Å². The van der Waals surface area contributed by atoms with Crippen molar-refractivity contribution in [2.45, 2.75) is 221 Å². The van der Waals surface area contributed by atoms with Crippen molar-refractivity contribution in [3.05, 3.63) is 134 Å². The highest BCUT2D eigenvalue weighted by atomic mass is 79.9. The molecule has 8 nitrogen and oxygen atoms in total. The molecule has 0 fully saturated rings. The summed E-state index contributed by atoms with van der Waals surface area (Å²) in [5, 5.41) is 77.1. The van der Waals surface area contributed by atoms with Crippen LogP contribution in [0.5, 0.6) is 34.5 Å². The first-order chi connectivity index (χ1) is 38.4. The molecule has 3 aliphatic rings. The number of anilines is 5. The molecule has 5 aromatic carbocycles. The number of benzene rings is 5. The number of hydrogen-bond donors (Lipinski definition) is 7. The zero-order valence-electron chi connectivity index (χ0n) is 52.1. The van der Waals surface area contributed by atoms with Gasteiger partial charge in [-0.15, -0.1) is 0 Å². The maximum atomic E-state index is 12.9. The zero-order chi connectivity index (χ0) is 60.7. The highest BCUT2D eigenvalue weighted by Crippen LogP contribution is 2.71. The molecule has 444 valence electrons. The first-order valence-corrected chi connectivity index (χ1v) is 31.9. The molecule has 0 unspecified atom stereocenters. The Morgan fingerprint density at radius 1 is 0.524 bits per heavy atom. The number of halogens is 2. The molecular formula is C72H96Br2N2O6. The number of allylic oxidation sites excluding steroid dienone is 5. The second-order valence-corrected chi connectivity index (χ2v) is 28.7. The number of nitrogens with zero attached hydrogens (tertiary/aromatic N) is 1. The fraction of sp³-hybridized carbons (Fsp3) is 0.500. The standard InChI is InChI=1S/C65H87BrN2O6.C7H9Br/c1-15-17-19-21-23-25-35-65(36-26-24-22-20-18-16-2)45-37-40(67-51-53(69)47-49(55(71)57(51)73)61(7,8)63(11,12)59(47,3)4)29-33-43(45)44-34-32-42(38-46(44)65)68(41-30-27-39(66)28-31-41)52-54(70)48-50(56(72)58(52)74)62(9,10)64(13,14)60(48,5)6;1-3-5-7(8)6-4-2/h27-34,37-38,67,69-74H,15-26,35-36H2,1-14H3;3-6H,1H2,2H3/b;6-4-,7-5+. The Hall–Kier alpha value is -5.32. The van der Waals surface area contributed by atoms with Gasteiger partial charge < -0.3 is 40.9 Å². The lowest BCUT2D eigenvalue weighted by atomic mass is 9.59. The van der Waals surface area contributed by atoms with Crippen LogP contribution in [0.25, 0.3) is 11.1 Å². The van der Waals surface area contributed by atoms with Crippen LogP contribution in [0.2, 0.25) is 0 Å². The second kappa shape index (κ2) is 24.3. The second-order valence-electron chi connectivity index (χ2n) is 26.9. The molecule has 3 aliphatic carbocycles. The predicted octanol–water partition coefficient (Wildman–Crippen LogP) is 21.9. The Labute approximate surface area is 509 Å². The van der Waals surface area contributed by atoms with Gasteiger partial charge in [0.1, 0.15) is 22.9 Å². The van der Waals surface area contributed by atoms with Gasteiger partial charge in [0.2, 0.25) is 0 Å². The van der Waals surface area contributed by atoms with E-state index in [9.17, 15) is 30.6 Å². The van der Waals surface area contributed by atoms with Gasteiger partial charge >= 0.3 is 0 Å². The summed E-state index contributed by atoms with van der Waals surface area (Å²) in [6.45, 7) is 35.5. The first-order valence-electron chi connectivity index (χ1n) is 30.3. The van der Waals surface area contributed by atoms with Gasteiger partial charge in [0.25, 0.3) is 0 Å². The molecule has 0 radical (unpaired) electrons. The number of unbranched alkanes of at least 4 members (excludes halogenated alkanes) is 10. The molecule has 8 rings (SSSR count). The Morgan fingerprint density at radius 3 is 1.44 bits per heavy atom. The van der Waals surface area contributed by atoms with Crippen molar-refractivity contribution in [2.75, 3.05) is 10.2 Å². The van der Waals surface area contributed by atoms with Gasteiger partial charge in [0.15, 0.2) is 23.0 Å². The summed E-state index contributed by atoms with van der Waals surface area (Å²) >= 11 is 6.95. The van der Waals surface area contributed by atoms with Crippen LogP contribution in [0.3, 0.4) is 0 Å². The topological polar surface area (TPSA) is 137 Å². The van der Waals surface area contributed by atoms with Crippen molar-refractivity contribution in [3.8, 4) is 45.6 Å². The van der Waals surface area contributed by atoms with E-state index in [2.05, 4.69) is 171 Å². The van der Waals surface area contributed by atoms with Crippen molar-refractivity contribution in [2.24, 2.45) is 10.8 Å². The monoisotopic (exact) mass is 1240 g/mol. The summed E-state index contributed by atoms with van der Waals surface area (Å²) in [4.78, 5) is 1.91. The number of nitrogens with one attached hydrogen (secondary N) is 1. The molecule has 10 heteroatoms. The van der Waals surface area contributed by atoms with Crippen LogP contribution in [0, 0.1) is 10.8 Å². The number of phenols is 6. The Morgan fingerprint density at radius 2 is 0.951 bits per heavy atom. The third kappa shape index (κ3) is 10.7. The highest BCUT2D eigenvalue weighted by molar-refractivity contribution is 9.12. The molecule has 82 heavy (non-hydrogen) atoms. The van der Waals surface area contributed by atoms with Gasteiger partial charge in [-0.05, 0) is 129 Å². The fourth-order valence-corrected chi connectivity index (χ4v) is 14.9. The van der Waals surface area contributed by atoms with Crippen molar-refractivity contribution in [1.29, 1.82) is 0 Å². The minimum atomic E-state index is -0.592. The molecule has 0 amide bonds. The van der Waals surface area contributed by atoms with Crippen molar-refractivity contribution < 1.29 is 30.6 Å². The highest BCUT2D eigenvalue weighted by Gasteiger charge is 2.62. The van der Waals surface area contributed by atoms with E-state index in [1.165, 1.54) is 49.7 Å². The van der Waals surface area contributed by atoms with E-state index < -0.39 is 32.5 Å². The van der Waals surface area contributed by atoms with E-state index in [1.807, 2.05) is 60.4 Å². The summed E-state index contributed by atoms with van der Waals surface area (Å²) in [5.74, 6) is -1.25. The SMILES string of the molecule is C=C/C=C(Br)\C=C/C.CCCCCCCCC1(CCCCCCCC)c2cc(Nc3c(O)c(O)c4c(c3O)C(C)(C)C(C)(C)C4(C)C)ccc2-c2ccc(N(c3ccc(Br)cc3)c3c(O)c(O)c4c(c3O)C(C)(C)C(C)(C)C4(C)C)cc21. The van der Waals surface area contributed by atoms with Crippen LogP contribution in [-0.4, -0.2) is 30.6 Å². The van der Waals surface area contributed by atoms with E-state index >= 15 is 0 Å². The fourth-order valence-electron chi connectivity index (χ4n) is 14.2. The van der Waals surface area contributed by atoms with E-state index in [4.69, 9.17) is 0 Å². The minimum Gasteiger partial charge on any atom is -0.505 e. The molecule has 0 atom stereocenters. The third-order valence-electron chi connectivity index (χ3n) is 21.3. The summed E-state index contributed by atoms with van der Waals surface area (Å²) < 4.78 is 1.94. The van der Waals surface area contributed by atoms with E-state index in [0.717, 1.165) is 77.1 Å². The van der Waals surface area contributed by atoms with Crippen LogP contribution in [0.4, 0.5) is 28.4 Å². The van der Waals surface area contributed by atoms with Gasteiger partial charge in [-0.2, -0.15) is 0 Å². The first kappa shape index (κ1) is 64.2. The van der Waals surface area contributed by atoms with Crippen molar-refractivity contribution >= 4 is 60.3 Å². The number of phenolic OH excluding ortho intramolecular Hbond substituents is 6. The molecule has 0 spiro atoms. The van der Waals surface area contributed by atoms with Gasteiger partial charge in [-0.25, -0.2) is 0 Å². The van der Waals surface area contributed by atoms with Crippen LogP contribution in [0.1, 0.15) is 227 Å². The molecule has 0 bridgehead atoms. The maximum absolute atomic E-state index is 12.9. The lowest BCUT2D eigenvalue weighted by Crippen LogP contribution is -2.42. The molecule has 0 aromatic heterocycles. The smallest absolute Gasteiger partial charge is 0.186 e. The van der Waals surface area contributed by atoms with E-state index in [1.54, 1.807) is 6.08 Å². The van der Waals surface area contributed by atoms with E-state index in [0.29, 0.717) is 33.6 Å². The summed E-state index contributed by atoms with van der Waals surface area (Å²) in [6, 6.07) is 20.7. The molecule has 7 N–H and O–H groups in total. The molecule has 5 aromatic rings. The van der Waals surface area contributed by atoms with E-state index in [-0.39, 0.29) is 51.3 Å². The normalized spacial score (nSPS) is 17.8. The third-order valence-corrected chi connectivity index (χ3v) is 22.3. The summed E-state index contributed by atoms with van der Waals surface area (Å²) in [5.41, 5.74) is 5.86. The molecule has 0 aliphatic heterocycles. The molecule has 0 saturated heterocycles. The summed E-state index contributed by atoms with van der Waals surface area (Å²) in [7, 11) is 0. The van der Waals surface area contributed by atoms with Gasteiger partial charge in [-0.1, -0.05) is 243 Å². The number of rotatable bonds is 21. The number of fused-ring (bicyclic) bond motifs is 5. The quantitative estimate of drug-likeness (QED) is 0.0167. The lowest BCUT2D eigenvalue weighted by molar-refractivity contribution is 0.122. The van der Waals surface area contributed by atoms with Crippen LogP contribution in [0.15, 0.2) is 101 Å². The van der Waals surface area contributed by atoms with Crippen LogP contribution >= 0.6 is 31.9 Å². The Kier molecular flexibility index (Phi) is 19.1. The Bertz CT molecular complexity index is 3220. The number of aromatic hydroxyl groups is 6. The number of hydrogen-bond acceptors (Lipinski definition) is 8. The minimum absolute atomic E-state index is 0.0496. The maximum Gasteiger partial charge on any atom is 0.186 e. The van der Waals surface area contributed by atoms with Gasteiger partial charge in [0, 0.05) is 53.7 Å². The molecule has 0 heterocycles. The van der Waals surface area contributed by atoms with Crippen LogP contribution in [-0.2, 0) is 27.1 Å². The van der Waals surface area contributed by atoms with Gasteiger partial charge in [0.05, 0.1) is 0 Å². The summed E-state index contributed by atoms with van der Waals surface area (Å²) in [6.07, 6.45) is 23.1. The Balaban J connectivity index is 0.00000112. The molecular weight excluding hydrogens is 1150 g/mol. The van der Waals surface area contributed by atoms with Gasteiger partial charge in [-0.3, -0.25) is 0 Å². The molecule has 0 saturated carbocycles. The largest absolute Gasteiger partial charge is 0.505 e. The predicted molar refractivity (Wildman–Crippen MR) is 352 cm³/mol. The van der Waals surface area contributed by atoms with Crippen molar-refractivity contribution in [1.82, 2.24) is 0 Å².